The van der Waals surface area contributed by atoms with E-state index in [9.17, 15) is 4.79 Å². The second kappa shape index (κ2) is 7.41. The zero-order valence-corrected chi connectivity index (χ0v) is 16.1. The molecule has 2 aliphatic heterocycles. The van der Waals surface area contributed by atoms with Crippen molar-refractivity contribution in [1.29, 1.82) is 0 Å². The number of carbonyl (C=O) groups is 1. The molecule has 3 aliphatic rings. The van der Waals surface area contributed by atoms with Gasteiger partial charge < -0.3 is 14.7 Å². The van der Waals surface area contributed by atoms with Gasteiger partial charge >= 0.3 is 0 Å². The molecule has 0 aromatic carbocycles. The average molecular weight is 358 g/mol. The molecule has 2 saturated heterocycles. The Balaban J connectivity index is 1.33. The third kappa shape index (κ3) is 3.51. The van der Waals surface area contributed by atoms with Crippen LogP contribution >= 0.6 is 0 Å². The van der Waals surface area contributed by atoms with Gasteiger partial charge in [-0.25, -0.2) is 4.98 Å². The molecule has 1 aromatic heterocycles. The van der Waals surface area contributed by atoms with Gasteiger partial charge in [-0.3, -0.25) is 4.79 Å². The zero-order chi connectivity index (χ0) is 18.1. The van der Waals surface area contributed by atoms with Crippen molar-refractivity contribution >= 4 is 17.7 Å². The molecule has 4 rings (SSSR count). The Bertz CT molecular complexity index is 627. The van der Waals surface area contributed by atoms with Gasteiger partial charge in [0.05, 0.1) is 0 Å². The lowest BCUT2D eigenvalue weighted by Crippen LogP contribution is -2.42. The van der Waals surface area contributed by atoms with E-state index < -0.39 is 0 Å². The Labute approximate surface area is 156 Å². The van der Waals surface area contributed by atoms with E-state index in [-0.39, 0.29) is 5.92 Å². The van der Waals surface area contributed by atoms with E-state index in [1.165, 1.54) is 25.7 Å². The Morgan fingerprint density at radius 2 is 1.73 bits per heavy atom. The molecule has 3 heterocycles. The van der Waals surface area contributed by atoms with Crippen LogP contribution in [0.4, 0.5) is 11.8 Å². The van der Waals surface area contributed by atoms with Crippen LogP contribution in [-0.2, 0) is 4.79 Å². The summed E-state index contributed by atoms with van der Waals surface area (Å²) in [6, 6.07) is 1.92. The van der Waals surface area contributed by atoms with E-state index in [0.29, 0.717) is 5.91 Å². The summed E-state index contributed by atoms with van der Waals surface area (Å²) < 4.78 is 0. The summed E-state index contributed by atoms with van der Waals surface area (Å²) in [5.41, 5.74) is 0. The van der Waals surface area contributed by atoms with Gasteiger partial charge in [-0.2, -0.15) is 4.98 Å². The molecule has 3 fully saturated rings. The highest BCUT2D eigenvalue weighted by atomic mass is 16.2. The highest BCUT2D eigenvalue weighted by molar-refractivity contribution is 5.79. The number of rotatable bonds is 3. The maximum Gasteiger partial charge on any atom is 0.227 e. The quantitative estimate of drug-likeness (QED) is 0.831. The third-order valence-corrected chi connectivity index (χ3v) is 6.50. The van der Waals surface area contributed by atoms with Crippen LogP contribution < -0.4 is 9.80 Å². The minimum Gasteiger partial charge on any atom is -0.363 e. The van der Waals surface area contributed by atoms with Crippen LogP contribution in [0, 0.1) is 17.8 Å². The normalized spacial score (nSPS) is 26.7. The molecule has 1 saturated carbocycles. The highest BCUT2D eigenvalue weighted by Gasteiger charge is 2.39. The van der Waals surface area contributed by atoms with Gasteiger partial charge in [-0.05, 0) is 43.6 Å². The predicted octanol–water partition coefficient (Wildman–Crippen LogP) is 2.41. The molecule has 142 valence electrons. The smallest absolute Gasteiger partial charge is 0.227 e. The molecule has 2 unspecified atom stereocenters. The molecule has 2 atom stereocenters. The minimum atomic E-state index is 0.184. The predicted molar refractivity (Wildman–Crippen MR) is 103 cm³/mol. The third-order valence-electron chi connectivity index (χ3n) is 6.50. The maximum atomic E-state index is 13.0. The van der Waals surface area contributed by atoms with E-state index in [2.05, 4.69) is 19.8 Å². The van der Waals surface area contributed by atoms with Crippen LogP contribution in [0.2, 0.25) is 0 Å². The van der Waals surface area contributed by atoms with E-state index in [0.717, 1.165) is 62.6 Å². The molecule has 1 aliphatic carbocycles. The molecule has 1 amide bonds. The summed E-state index contributed by atoms with van der Waals surface area (Å²) in [5.74, 6) is 3.84. The number of piperidine rings is 1. The van der Waals surface area contributed by atoms with Gasteiger partial charge in [-0.1, -0.05) is 12.8 Å². The first kappa shape index (κ1) is 17.6. The van der Waals surface area contributed by atoms with Crippen molar-refractivity contribution < 1.29 is 4.79 Å². The zero-order valence-electron chi connectivity index (χ0n) is 16.1. The molecule has 0 radical (unpaired) electrons. The van der Waals surface area contributed by atoms with E-state index >= 15 is 0 Å². The number of carbonyl (C=O) groups excluding carboxylic acids is 1. The lowest BCUT2D eigenvalue weighted by Gasteiger charge is -2.33. The molecule has 0 bridgehead atoms. The van der Waals surface area contributed by atoms with Crippen molar-refractivity contribution in [1.82, 2.24) is 14.9 Å². The lowest BCUT2D eigenvalue weighted by molar-refractivity contribution is -0.135. The van der Waals surface area contributed by atoms with Crippen LogP contribution in [0.1, 0.15) is 38.5 Å². The summed E-state index contributed by atoms with van der Waals surface area (Å²) >= 11 is 0. The first-order chi connectivity index (χ1) is 12.6. The molecule has 6 heteroatoms. The fraction of sp³-hybridized carbons (Fsp3) is 0.750. The topological polar surface area (TPSA) is 52.6 Å². The van der Waals surface area contributed by atoms with Crippen LogP contribution in [-0.4, -0.2) is 61.0 Å². The van der Waals surface area contributed by atoms with Crippen molar-refractivity contribution in [3.05, 3.63) is 12.3 Å². The van der Waals surface area contributed by atoms with E-state index in [4.69, 9.17) is 0 Å². The number of nitrogens with zero attached hydrogens (tertiary/aromatic N) is 5. The lowest BCUT2D eigenvalue weighted by atomic mass is 9.82. The second-order valence-electron chi connectivity index (χ2n) is 8.42. The van der Waals surface area contributed by atoms with Crippen LogP contribution in [0.15, 0.2) is 12.3 Å². The number of amides is 1. The Hall–Kier alpha value is -1.85. The van der Waals surface area contributed by atoms with Gasteiger partial charge in [-0.15, -0.1) is 0 Å². The minimum absolute atomic E-state index is 0.184. The first-order valence-electron chi connectivity index (χ1n) is 10.2. The highest BCUT2D eigenvalue weighted by Crippen LogP contribution is 2.37. The molecule has 0 N–H and O–H groups in total. The maximum absolute atomic E-state index is 13.0. The SMILES string of the molecule is CN(C)c1ccnc(N2CCC(C(=O)N3CC4CCCCC4C3)CC2)n1. The van der Waals surface area contributed by atoms with Gasteiger partial charge in [0.1, 0.15) is 5.82 Å². The fourth-order valence-electron chi connectivity index (χ4n) is 4.91. The van der Waals surface area contributed by atoms with Gasteiger partial charge in [0.2, 0.25) is 11.9 Å². The van der Waals surface area contributed by atoms with Crippen molar-refractivity contribution in [2.24, 2.45) is 17.8 Å². The monoisotopic (exact) mass is 357 g/mol. The number of fused-ring (bicyclic) bond motifs is 1. The fourth-order valence-corrected chi connectivity index (χ4v) is 4.91. The van der Waals surface area contributed by atoms with Crippen molar-refractivity contribution in [2.45, 2.75) is 38.5 Å². The van der Waals surface area contributed by atoms with E-state index in [1.54, 1.807) is 0 Å². The Morgan fingerprint density at radius 1 is 1.08 bits per heavy atom. The molecule has 26 heavy (non-hydrogen) atoms. The largest absolute Gasteiger partial charge is 0.363 e. The molecular formula is C20H31N5O. The summed E-state index contributed by atoms with van der Waals surface area (Å²) in [5, 5.41) is 0. The van der Waals surface area contributed by atoms with Crippen molar-refractivity contribution in [3.8, 4) is 0 Å². The summed E-state index contributed by atoms with van der Waals surface area (Å²) in [4.78, 5) is 28.5. The average Bonchev–Trinajstić information content (AvgIpc) is 3.12. The van der Waals surface area contributed by atoms with Crippen LogP contribution in [0.5, 0.6) is 0 Å². The molecule has 1 aromatic rings. The Morgan fingerprint density at radius 3 is 2.35 bits per heavy atom. The number of hydrogen-bond acceptors (Lipinski definition) is 5. The Kier molecular flexibility index (Phi) is 5.00. The first-order valence-corrected chi connectivity index (χ1v) is 10.2. The number of likely N-dealkylation sites (tertiary alicyclic amines) is 1. The van der Waals surface area contributed by atoms with Gasteiger partial charge in [0.15, 0.2) is 0 Å². The number of anilines is 2. The van der Waals surface area contributed by atoms with Gasteiger partial charge in [0, 0.05) is 52.4 Å². The summed E-state index contributed by atoms with van der Waals surface area (Å²) in [6.45, 7) is 3.76. The standard InChI is InChI=1S/C20H31N5O/c1-23(2)18-7-10-21-20(22-18)24-11-8-15(9-12-24)19(26)25-13-16-5-3-4-6-17(16)14-25/h7,10,15-17H,3-6,8-9,11-14H2,1-2H3. The van der Waals surface area contributed by atoms with E-state index in [1.807, 2.05) is 31.3 Å². The molecule has 6 nitrogen and oxygen atoms in total. The van der Waals surface area contributed by atoms with Crippen LogP contribution in [0.3, 0.4) is 0 Å². The van der Waals surface area contributed by atoms with Gasteiger partial charge in [0.25, 0.3) is 0 Å². The number of aromatic nitrogens is 2. The summed E-state index contributed by atoms with van der Waals surface area (Å²) in [7, 11) is 3.98. The summed E-state index contributed by atoms with van der Waals surface area (Å²) in [6.07, 6.45) is 9.02. The van der Waals surface area contributed by atoms with Crippen molar-refractivity contribution in [3.63, 3.8) is 0 Å². The van der Waals surface area contributed by atoms with Crippen molar-refractivity contribution in [2.75, 3.05) is 50.1 Å². The second-order valence-corrected chi connectivity index (χ2v) is 8.42. The van der Waals surface area contributed by atoms with Crippen LogP contribution in [0.25, 0.3) is 0 Å². The molecular weight excluding hydrogens is 326 g/mol. The molecule has 0 spiro atoms. The number of hydrogen-bond donors (Lipinski definition) is 0.